The molecular weight excluding hydrogens is 404 g/mol. The first-order chi connectivity index (χ1) is 15.6. The van der Waals surface area contributed by atoms with Crippen LogP contribution in [0.15, 0.2) is 42.6 Å². The van der Waals surface area contributed by atoms with Gasteiger partial charge in [-0.1, -0.05) is 0 Å². The van der Waals surface area contributed by atoms with Gasteiger partial charge in [0.15, 0.2) is 0 Å². The molecule has 2 aromatic rings. The molecule has 0 spiro atoms. The topological polar surface area (TPSA) is 110 Å². The normalized spacial score (nSPS) is 17.4. The van der Waals surface area contributed by atoms with Gasteiger partial charge in [-0.3, -0.25) is 14.6 Å². The maximum Gasteiger partial charge on any atom is 0.270 e. The average Bonchev–Trinajstić information content (AvgIpc) is 2.85. The lowest BCUT2D eigenvalue weighted by Gasteiger charge is -2.34. The number of aromatic nitrogens is 1. The number of carbonyl (C=O) groups is 2. The predicted molar refractivity (Wildman–Crippen MR) is 121 cm³/mol. The molecule has 2 fully saturated rings. The second-order valence-corrected chi connectivity index (χ2v) is 8.32. The number of hydrogen-bond donors (Lipinski definition) is 3. The van der Waals surface area contributed by atoms with E-state index >= 15 is 0 Å². The zero-order chi connectivity index (χ0) is 22.3. The number of nitriles is 1. The van der Waals surface area contributed by atoms with Crippen molar-refractivity contribution in [2.45, 2.75) is 37.8 Å². The minimum atomic E-state index is -0.195. The van der Waals surface area contributed by atoms with Crippen LogP contribution in [-0.4, -0.2) is 55.1 Å². The van der Waals surface area contributed by atoms with Crippen LogP contribution in [0.1, 0.15) is 52.1 Å². The van der Waals surface area contributed by atoms with Crippen LogP contribution in [0.3, 0.4) is 0 Å². The van der Waals surface area contributed by atoms with E-state index < -0.39 is 0 Å². The van der Waals surface area contributed by atoms with Gasteiger partial charge in [0.1, 0.15) is 5.69 Å². The third-order valence-corrected chi connectivity index (χ3v) is 6.12. The molecule has 3 N–H and O–H groups in total. The Morgan fingerprint density at radius 3 is 2.22 bits per heavy atom. The quantitative estimate of drug-likeness (QED) is 0.665. The Hall–Kier alpha value is -3.44. The van der Waals surface area contributed by atoms with Gasteiger partial charge in [0, 0.05) is 37.1 Å². The van der Waals surface area contributed by atoms with Crippen LogP contribution in [0.2, 0.25) is 0 Å². The smallest absolute Gasteiger partial charge is 0.270 e. The lowest BCUT2D eigenvalue weighted by molar-refractivity contribution is 0.0913. The van der Waals surface area contributed by atoms with Gasteiger partial charge < -0.3 is 20.9 Å². The molecule has 166 valence electrons. The van der Waals surface area contributed by atoms with Crippen LogP contribution < -0.4 is 20.9 Å². The van der Waals surface area contributed by atoms with Crippen molar-refractivity contribution in [1.82, 2.24) is 20.9 Å². The molecule has 32 heavy (non-hydrogen) atoms. The largest absolute Gasteiger partial charge is 0.371 e. The third kappa shape index (κ3) is 5.42. The number of rotatable bonds is 5. The molecule has 8 heteroatoms. The Morgan fingerprint density at radius 2 is 1.59 bits per heavy atom. The second-order valence-electron chi connectivity index (χ2n) is 8.32. The Balaban J connectivity index is 1.26. The molecule has 2 saturated heterocycles. The first-order valence-electron chi connectivity index (χ1n) is 11.2. The third-order valence-electron chi connectivity index (χ3n) is 6.12. The number of carbonyl (C=O) groups excluding carboxylic acids is 2. The maximum atomic E-state index is 12.6. The molecule has 1 aromatic heterocycles. The maximum absolute atomic E-state index is 12.6. The van der Waals surface area contributed by atoms with Crippen LogP contribution in [0.4, 0.5) is 5.69 Å². The van der Waals surface area contributed by atoms with E-state index in [2.05, 4.69) is 31.9 Å². The standard InChI is InChI=1S/C24H28N6O2/c25-15-17-1-4-21(5-2-17)30-13-9-20(10-14-30)28-23(31)18-3-6-22(27-16-18)24(32)29-19-7-11-26-12-8-19/h1-6,16,19-20,26H,7-14H2,(H,28,31)(H,29,32). The van der Waals surface area contributed by atoms with Crippen molar-refractivity contribution in [1.29, 1.82) is 5.26 Å². The summed E-state index contributed by atoms with van der Waals surface area (Å²) in [6.45, 7) is 3.49. The van der Waals surface area contributed by atoms with E-state index in [1.54, 1.807) is 12.1 Å². The molecule has 0 aliphatic carbocycles. The van der Waals surface area contributed by atoms with Crippen molar-refractivity contribution in [3.63, 3.8) is 0 Å². The number of amides is 2. The highest BCUT2D eigenvalue weighted by atomic mass is 16.2. The fourth-order valence-electron chi connectivity index (χ4n) is 4.19. The zero-order valence-corrected chi connectivity index (χ0v) is 18.0. The summed E-state index contributed by atoms with van der Waals surface area (Å²) in [6.07, 6.45) is 4.98. The minimum absolute atomic E-state index is 0.0972. The monoisotopic (exact) mass is 432 g/mol. The number of nitrogens with one attached hydrogen (secondary N) is 3. The molecule has 0 bridgehead atoms. The van der Waals surface area contributed by atoms with Gasteiger partial charge in [0.2, 0.25) is 0 Å². The Bertz CT molecular complexity index is 969. The van der Waals surface area contributed by atoms with Crippen LogP contribution in [0.5, 0.6) is 0 Å². The van der Waals surface area contributed by atoms with Crippen molar-refractivity contribution in [2.75, 3.05) is 31.1 Å². The number of anilines is 1. The van der Waals surface area contributed by atoms with E-state index in [0.29, 0.717) is 16.8 Å². The molecule has 8 nitrogen and oxygen atoms in total. The number of benzene rings is 1. The fourth-order valence-corrected chi connectivity index (χ4v) is 4.19. The number of hydrogen-bond acceptors (Lipinski definition) is 6. The summed E-state index contributed by atoms with van der Waals surface area (Å²) in [5.74, 6) is -0.362. The van der Waals surface area contributed by atoms with E-state index in [4.69, 9.17) is 5.26 Å². The van der Waals surface area contributed by atoms with Gasteiger partial charge in [0.05, 0.1) is 17.2 Å². The SMILES string of the molecule is N#Cc1ccc(N2CCC(NC(=O)c3ccc(C(=O)NC4CCNCC4)nc3)CC2)cc1. The lowest BCUT2D eigenvalue weighted by Crippen LogP contribution is -2.44. The van der Waals surface area contributed by atoms with Gasteiger partial charge in [-0.15, -0.1) is 0 Å². The van der Waals surface area contributed by atoms with E-state index in [1.807, 2.05) is 24.3 Å². The van der Waals surface area contributed by atoms with E-state index in [9.17, 15) is 9.59 Å². The van der Waals surface area contributed by atoms with E-state index in [0.717, 1.165) is 57.5 Å². The summed E-state index contributed by atoms with van der Waals surface area (Å²) in [6, 6.07) is 13.2. The Labute approximate surface area is 188 Å². The molecular formula is C24H28N6O2. The molecule has 0 saturated carbocycles. The number of piperidine rings is 2. The molecule has 2 aliphatic heterocycles. The Morgan fingerprint density at radius 1 is 0.938 bits per heavy atom. The molecule has 2 aliphatic rings. The van der Waals surface area contributed by atoms with Crippen LogP contribution in [-0.2, 0) is 0 Å². The molecule has 4 rings (SSSR count). The highest BCUT2D eigenvalue weighted by molar-refractivity contribution is 5.96. The van der Waals surface area contributed by atoms with Crippen molar-refractivity contribution in [3.8, 4) is 6.07 Å². The lowest BCUT2D eigenvalue weighted by atomic mass is 10.0. The summed E-state index contributed by atoms with van der Waals surface area (Å²) >= 11 is 0. The Kier molecular flexibility index (Phi) is 6.97. The number of pyridine rings is 1. The highest BCUT2D eigenvalue weighted by Gasteiger charge is 2.22. The summed E-state index contributed by atoms with van der Waals surface area (Å²) in [5.41, 5.74) is 2.53. The molecule has 0 radical (unpaired) electrons. The van der Waals surface area contributed by atoms with Crippen molar-refractivity contribution in [2.24, 2.45) is 0 Å². The summed E-state index contributed by atoms with van der Waals surface area (Å²) < 4.78 is 0. The summed E-state index contributed by atoms with van der Waals surface area (Å²) in [7, 11) is 0. The summed E-state index contributed by atoms with van der Waals surface area (Å²) in [4.78, 5) is 31.5. The first-order valence-corrected chi connectivity index (χ1v) is 11.2. The van der Waals surface area contributed by atoms with Crippen LogP contribution in [0.25, 0.3) is 0 Å². The van der Waals surface area contributed by atoms with E-state index in [1.165, 1.54) is 6.20 Å². The minimum Gasteiger partial charge on any atom is -0.371 e. The summed E-state index contributed by atoms with van der Waals surface area (Å²) in [5, 5.41) is 18.3. The van der Waals surface area contributed by atoms with Crippen LogP contribution >= 0.6 is 0 Å². The molecule has 0 atom stereocenters. The van der Waals surface area contributed by atoms with Gasteiger partial charge in [-0.05, 0) is 75.2 Å². The highest BCUT2D eigenvalue weighted by Crippen LogP contribution is 2.20. The van der Waals surface area contributed by atoms with Crippen molar-refractivity contribution in [3.05, 3.63) is 59.4 Å². The van der Waals surface area contributed by atoms with Crippen molar-refractivity contribution < 1.29 is 9.59 Å². The number of nitrogens with zero attached hydrogens (tertiary/aromatic N) is 3. The zero-order valence-electron chi connectivity index (χ0n) is 18.0. The first kappa shape index (κ1) is 21.8. The average molecular weight is 433 g/mol. The predicted octanol–water partition coefficient (Wildman–Crippen LogP) is 1.83. The van der Waals surface area contributed by atoms with Gasteiger partial charge in [0.25, 0.3) is 11.8 Å². The van der Waals surface area contributed by atoms with Gasteiger partial charge in [-0.25, -0.2) is 0 Å². The van der Waals surface area contributed by atoms with Crippen LogP contribution in [0, 0.1) is 11.3 Å². The molecule has 2 amide bonds. The molecule has 1 aromatic carbocycles. The van der Waals surface area contributed by atoms with E-state index in [-0.39, 0.29) is 23.9 Å². The van der Waals surface area contributed by atoms with Crippen molar-refractivity contribution >= 4 is 17.5 Å². The molecule has 3 heterocycles. The second kappa shape index (κ2) is 10.2. The fraction of sp³-hybridized carbons (Fsp3) is 0.417. The molecule has 0 unspecified atom stereocenters. The van der Waals surface area contributed by atoms with Gasteiger partial charge >= 0.3 is 0 Å². The van der Waals surface area contributed by atoms with Gasteiger partial charge in [-0.2, -0.15) is 5.26 Å².